The van der Waals surface area contributed by atoms with Gasteiger partial charge < -0.3 is 15.2 Å². The number of aromatic nitrogens is 2. The van der Waals surface area contributed by atoms with Gasteiger partial charge in [0.15, 0.2) is 0 Å². The highest BCUT2D eigenvalue weighted by Gasteiger charge is 2.14. The zero-order valence-electron chi connectivity index (χ0n) is 10.9. The number of carboxylic acids is 1. The number of hydrogen-bond donors (Lipinski definition) is 2. The molecule has 0 saturated heterocycles. The van der Waals surface area contributed by atoms with Crippen LogP contribution in [0, 0.1) is 6.92 Å². The molecule has 0 saturated carbocycles. The molecule has 1 rings (SSSR count). The third kappa shape index (κ3) is 3.87. The number of nitrogens with one attached hydrogen (secondary N) is 1. The molecule has 6 heteroatoms. The molecule has 0 fully saturated rings. The van der Waals surface area contributed by atoms with Crippen molar-refractivity contribution in [2.24, 2.45) is 0 Å². The van der Waals surface area contributed by atoms with E-state index in [2.05, 4.69) is 15.3 Å². The van der Waals surface area contributed by atoms with Crippen molar-refractivity contribution in [1.82, 2.24) is 9.97 Å². The fraction of sp³-hybridized carbons (Fsp3) is 0.583. The summed E-state index contributed by atoms with van der Waals surface area (Å²) in [6.07, 6.45) is 2.18. The molecule has 0 spiro atoms. The Hall–Kier alpha value is -1.85. The number of ether oxygens (including phenoxy) is 1. The predicted octanol–water partition coefficient (Wildman–Crippen LogP) is 1.85. The van der Waals surface area contributed by atoms with Crippen molar-refractivity contribution in [1.29, 1.82) is 0 Å². The molecular formula is C12H19N3O3. The van der Waals surface area contributed by atoms with Crippen molar-refractivity contribution in [2.75, 3.05) is 11.9 Å². The number of carboxylic acid groups (broad SMARTS) is 1. The van der Waals surface area contributed by atoms with E-state index in [1.807, 2.05) is 20.8 Å². The standard InChI is InChI=1S/C12H19N3O3/c1-4-9(6-10(16)17)15-11-8(3)12(18-5-2)14-7-13-11/h7,9H,4-6H2,1-3H3,(H,16,17)(H,13,14,15). The lowest BCUT2D eigenvalue weighted by Gasteiger charge is -2.17. The first-order valence-corrected chi connectivity index (χ1v) is 6.01. The molecular weight excluding hydrogens is 234 g/mol. The molecule has 0 bridgehead atoms. The van der Waals surface area contributed by atoms with Crippen LogP contribution in [0.1, 0.15) is 32.3 Å². The second-order valence-corrected chi connectivity index (χ2v) is 3.93. The maximum absolute atomic E-state index is 10.7. The van der Waals surface area contributed by atoms with Gasteiger partial charge in [-0.1, -0.05) is 6.92 Å². The quantitative estimate of drug-likeness (QED) is 0.771. The summed E-state index contributed by atoms with van der Waals surface area (Å²) in [6.45, 7) is 6.19. The molecule has 1 atom stereocenters. The van der Waals surface area contributed by atoms with Gasteiger partial charge in [-0.25, -0.2) is 9.97 Å². The lowest BCUT2D eigenvalue weighted by molar-refractivity contribution is -0.137. The summed E-state index contributed by atoms with van der Waals surface area (Å²) in [5, 5.41) is 11.9. The van der Waals surface area contributed by atoms with E-state index < -0.39 is 5.97 Å². The van der Waals surface area contributed by atoms with Crippen LogP contribution in [0.2, 0.25) is 0 Å². The van der Waals surface area contributed by atoms with Crippen molar-refractivity contribution >= 4 is 11.8 Å². The first-order valence-electron chi connectivity index (χ1n) is 6.01. The molecule has 1 aromatic heterocycles. The zero-order chi connectivity index (χ0) is 13.5. The largest absolute Gasteiger partial charge is 0.481 e. The van der Waals surface area contributed by atoms with Crippen LogP contribution in [-0.4, -0.2) is 33.7 Å². The maximum atomic E-state index is 10.7. The minimum Gasteiger partial charge on any atom is -0.481 e. The van der Waals surface area contributed by atoms with E-state index in [0.29, 0.717) is 24.7 Å². The monoisotopic (exact) mass is 253 g/mol. The second-order valence-electron chi connectivity index (χ2n) is 3.93. The fourth-order valence-electron chi connectivity index (χ4n) is 1.56. The van der Waals surface area contributed by atoms with Crippen molar-refractivity contribution in [3.63, 3.8) is 0 Å². The average molecular weight is 253 g/mol. The van der Waals surface area contributed by atoms with Gasteiger partial charge in [-0.05, 0) is 20.3 Å². The Morgan fingerprint density at radius 1 is 1.50 bits per heavy atom. The van der Waals surface area contributed by atoms with E-state index in [-0.39, 0.29) is 12.5 Å². The highest BCUT2D eigenvalue weighted by atomic mass is 16.5. The molecule has 1 aromatic rings. The normalized spacial score (nSPS) is 11.9. The second kappa shape index (κ2) is 6.78. The summed E-state index contributed by atoms with van der Waals surface area (Å²) in [4.78, 5) is 18.9. The van der Waals surface area contributed by atoms with Gasteiger partial charge in [0.05, 0.1) is 18.6 Å². The molecule has 0 aliphatic heterocycles. The minimum absolute atomic E-state index is 0.0594. The molecule has 0 aliphatic carbocycles. The lowest BCUT2D eigenvalue weighted by Crippen LogP contribution is -2.23. The SMILES string of the molecule is CCOc1ncnc(NC(CC)CC(=O)O)c1C. The topological polar surface area (TPSA) is 84.3 Å². The molecule has 1 unspecified atom stereocenters. The van der Waals surface area contributed by atoms with E-state index in [1.165, 1.54) is 6.33 Å². The summed E-state index contributed by atoms with van der Waals surface area (Å²) < 4.78 is 5.37. The van der Waals surface area contributed by atoms with Gasteiger partial charge in [-0.3, -0.25) is 4.79 Å². The van der Waals surface area contributed by atoms with Crippen LogP contribution in [0.4, 0.5) is 5.82 Å². The van der Waals surface area contributed by atoms with Crippen molar-refractivity contribution < 1.29 is 14.6 Å². The number of aliphatic carboxylic acids is 1. The Balaban J connectivity index is 2.82. The summed E-state index contributed by atoms with van der Waals surface area (Å²) in [6, 6.07) is -0.148. The minimum atomic E-state index is -0.828. The molecule has 18 heavy (non-hydrogen) atoms. The Morgan fingerprint density at radius 2 is 2.22 bits per heavy atom. The van der Waals surface area contributed by atoms with Gasteiger partial charge in [0.25, 0.3) is 0 Å². The summed E-state index contributed by atoms with van der Waals surface area (Å²) in [5.41, 5.74) is 0.795. The first-order chi connectivity index (χ1) is 8.58. The number of carbonyl (C=O) groups is 1. The Labute approximate surface area is 106 Å². The van der Waals surface area contributed by atoms with Crippen LogP contribution < -0.4 is 10.1 Å². The van der Waals surface area contributed by atoms with Gasteiger partial charge in [-0.2, -0.15) is 0 Å². The number of hydrogen-bond acceptors (Lipinski definition) is 5. The van der Waals surface area contributed by atoms with Crippen LogP contribution in [0.3, 0.4) is 0 Å². The predicted molar refractivity (Wildman–Crippen MR) is 67.9 cm³/mol. The van der Waals surface area contributed by atoms with Crippen molar-refractivity contribution in [3.05, 3.63) is 11.9 Å². The van der Waals surface area contributed by atoms with E-state index in [1.54, 1.807) is 0 Å². The summed E-state index contributed by atoms with van der Waals surface area (Å²) in [5.74, 6) is 0.327. The number of rotatable bonds is 7. The van der Waals surface area contributed by atoms with Crippen LogP contribution in [0.15, 0.2) is 6.33 Å². The molecule has 0 amide bonds. The average Bonchev–Trinajstić information content (AvgIpc) is 2.33. The van der Waals surface area contributed by atoms with Gasteiger partial charge in [0.2, 0.25) is 5.88 Å². The molecule has 6 nitrogen and oxygen atoms in total. The Bertz CT molecular complexity index is 410. The van der Waals surface area contributed by atoms with E-state index in [0.717, 1.165) is 5.56 Å². The van der Waals surface area contributed by atoms with E-state index in [4.69, 9.17) is 9.84 Å². The van der Waals surface area contributed by atoms with Gasteiger partial charge in [0, 0.05) is 6.04 Å². The van der Waals surface area contributed by atoms with E-state index >= 15 is 0 Å². The third-order valence-electron chi connectivity index (χ3n) is 2.57. The lowest BCUT2D eigenvalue weighted by atomic mass is 10.1. The summed E-state index contributed by atoms with van der Waals surface area (Å²) in [7, 11) is 0. The van der Waals surface area contributed by atoms with Crippen LogP contribution >= 0.6 is 0 Å². The van der Waals surface area contributed by atoms with Crippen molar-refractivity contribution in [2.45, 2.75) is 39.7 Å². The van der Waals surface area contributed by atoms with Gasteiger partial charge >= 0.3 is 5.97 Å². The van der Waals surface area contributed by atoms with Crippen LogP contribution in [0.5, 0.6) is 5.88 Å². The number of nitrogens with zero attached hydrogens (tertiary/aromatic N) is 2. The summed E-state index contributed by atoms with van der Waals surface area (Å²) >= 11 is 0. The molecule has 0 aromatic carbocycles. The fourth-order valence-corrected chi connectivity index (χ4v) is 1.56. The highest BCUT2D eigenvalue weighted by Crippen LogP contribution is 2.21. The van der Waals surface area contributed by atoms with Gasteiger partial charge in [-0.15, -0.1) is 0 Å². The van der Waals surface area contributed by atoms with Crippen LogP contribution in [0.25, 0.3) is 0 Å². The smallest absolute Gasteiger partial charge is 0.305 e. The number of anilines is 1. The van der Waals surface area contributed by atoms with E-state index in [9.17, 15) is 4.79 Å². The maximum Gasteiger partial charge on any atom is 0.305 e. The first kappa shape index (κ1) is 14.2. The van der Waals surface area contributed by atoms with Gasteiger partial charge in [0.1, 0.15) is 12.1 Å². The molecule has 100 valence electrons. The Morgan fingerprint density at radius 3 is 2.78 bits per heavy atom. The molecule has 2 N–H and O–H groups in total. The highest BCUT2D eigenvalue weighted by molar-refractivity contribution is 5.68. The van der Waals surface area contributed by atoms with Crippen LogP contribution in [-0.2, 0) is 4.79 Å². The molecule has 0 radical (unpaired) electrons. The molecule has 0 aliphatic rings. The zero-order valence-corrected chi connectivity index (χ0v) is 10.9. The van der Waals surface area contributed by atoms with Crippen molar-refractivity contribution in [3.8, 4) is 5.88 Å². The third-order valence-corrected chi connectivity index (χ3v) is 2.57. The Kier molecular flexibility index (Phi) is 5.35. The molecule has 1 heterocycles.